The van der Waals surface area contributed by atoms with Gasteiger partial charge in [-0.05, 0) is 13.8 Å². The van der Waals surface area contributed by atoms with E-state index in [4.69, 9.17) is 0 Å². The van der Waals surface area contributed by atoms with E-state index in [1.165, 1.54) is 0 Å². The second kappa shape index (κ2) is 2.81. The molecule has 0 atom stereocenters. The van der Waals surface area contributed by atoms with Gasteiger partial charge in [0.25, 0.3) is 0 Å². The first-order chi connectivity index (χ1) is 5.57. The summed E-state index contributed by atoms with van der Waals surface area (Å²) in [4.78, 5) is 23.7. The second-order valence-corrected chi connectivity index (χ2v) is 2.57. The van der Waals surface area contributed by atoms with Gasteiger partial charge in [-0.25, -0.2) is 0 Å². The van der Waals surface area contributed by atoms with Crippen molar-refractivity contribution in [3.05, 3.63) is 22.5 Å². The minimum atomic E-state index is -1.32. The molecule has 0 aliphatic rings. The molecule has 4 heteroatoms. The molecule has 1 heterocycles. The van der Waals surface area contributed by atoms with E-state index in [9.17, 15) is 14.7 Å². The Morgan fingerprint density at radius 1 is 1.42 bits per heavy atom. The van der Waals surface area contributed by atoms with E-state index in [0.29, 0.717) is 17.7 Å². The molecule has 4 nitrogen and oxygen atoms in total. The summed E-state index contributed by atoms with van der Waals surface area (Å²) in [6.45, 7) is 3.23. The number of H-pyrrole nitrogens is 1. The number of carbonyl (C=O) groups is 2. The molecule has 1 aromatic rings. The van der Waals surface area contributed by atoms with Gasteiger partial charge in [-0.3, -0.25) is 4.79 Å². The molecule has 64 valence electrons. The van der Waals surface area contributed by atoms with E-state index in [2.05, 4.69) is 4.98 Å². The van der Waals surface area contributed by atoms with Crippen LogP contribution in [0.2, 0.25) is 0 Å². The monoisotopic (exact) mass is 166 g/mol. The Labute approximate surface area is 69.2 Å². The van der Waals surface area contributed by atoms with Gasteiger partial charge < -0.3 is 14.9 Å². The first-order valence-electron chi connectivity index (χ1n) is 3.43. The minimum absolute atomic E-state index is 0.0394. The van der Waals surface area contributed by atoms with Crippen molar-refractivity contribution in [1.82, 2.24) is 4.98 Å². The summed E-state index contributed by atoms with van der Waals surface area (Å²) < 4.78 is 0. The van der Waals surface area contributed by atoms with Gasteiger partial charge in [0.15, 0.2) is 6.29 Å². The number of rotatable bonds is 2. The lowest BCUT2D eigenvalue weighted by Crippen LogP contribution is -2.23. The molecule has 0 spiro atoms. The Hall–Kier alpha value is -1.58. The predicted molar refractivity (Wildman–Crippen MR) is 40.0 cm³/mol. The first-order valence-corrected chi connectivity index (χ1v) is 3.43. The van der Waals surface area contributed by atoms with Crippen molar-refractivity contribution < 1.29 is 14.7 Å². The Bertz CT molecular complexity index is 338. The van der Waals surface area contributed by atoms with Crippen molar-refractivity contribution in [1.29, 1.82) is 0 Å². The molecule has 1 aromatic heterocycles. The van der Waals surface area contributed by atoms with Crippen molar-refractivity contribution in [3.63, 3.8) is 0 Å². The number of carboxylic acid groups (broad SMARTS) is 1. The van der Waals surface area contributed by atoms with Crippen molar-refractivity contribution in [2.45, 2.75) is 13.8 Å². The summed E-state index contributed by atoms with van der Waals surface area (Å²) in [5, 5.41) is 10.5. The van der Waals surface area contributed by atoms with Crippen molar-refractivity contribution in [2.75, 3.05) is 0 Å². The molecule has 0 aromatic carbocycles. The lowest BCUT2D eigenvalue weighted by atomic mass is 10.1. The van der Waals surface area contributed by atoms with Gasteiger partial charge in [0.2, 0.25) is 0 Å². The molecule has 0 bridgehead atoms. The van der Waals surface area contributed by atoms with Crippen LogP contribution in [0.3, 0.4) is 0 Å². The van der Waals surface area contributed by atoms with Gasteiger partial charge in [-0.15, -0.1) is 0 Å². The highest BCUT2D eigenvalue weighted by molar-refractivity contribution is 5.98. The third-order valence-corrected chi connectivity index (χ3v) is 1.75. The van der Waals surface area contributed by atoms with Gasteiger partial charge in [0.1, 0.15) is 0 Å². The average Bonchev–Trinajstić information content (AvgIpc) is 2.24. The van der Waals surface area contributed by atoms with Gasteiger partial charge in [0.05, 0.1) is 5.97 Å². The third kappa shape index (κ3) is 1.11. The second-order valence-electron chi connectivity index (χ2n) is 2.57. The fourth-order valence-electron chi connectivity index (χ4n) is 1.21. The third-order valence-electron chi connectivity index (χ3n) is 1.75. The van der Waals surface area contributed by atoms with Crippen LogP contribution in [0.25, 0.3) is 0 Å². The van der Waals surface area contributed by atoms with Crippen LogP contribution in [0, 0.1) is 13.8 Å². The Balaban J connectivity index is 3.42. The average molecular weight is 166 g/mol. The van der Waals surface area contributed by atoms with Crippen LogP contribution in [0.15, 0.2) is 0 Å². The van der Waals surface area contributed by atoms with E-state index in [1.54, 1.807) is 13.8 Å². The zero-order chi connectivity index (χ0) is 9.30. The van der Waals surface area contributed by atoms with E-state index in [-0.39, 0.29) is 11.1 Å². The number of nitrogens with one attached hydrogen (secondary N) is 1. The lowest BCUT2D eigenvalue weighted by Gasteiger charge is -2.00. The number of aldehydes is 1. The van der Waals surface area contributed by atoms with E-state index >= 15 is 0 Å². The van der Waals surface area contributed by atoms with Crippen molar-refractivity contribution in [2.24, 2.45) is 0 Å². The van der Waals surface area contributed by atoms with Crippen LogP contribution >= 0.6 is 0 Å². The molecular formula is C8H8NO3-. The predicted octanol–water partition coefficient (Wildman–Crippen LogP) is -0.192. The summed E-state index contributed by atoms with van der Waals surface area (Å²) in [6.07, 6.45) is 0.518. The maximum Gasteiger partial charge on any atom is 0.152 e. The number of aromatic carboxylic acids is 1. The SMILES string of the molecule is Cc1[nH]c(C)c(C(=O)[O-])c1C=O. The molecule has 0 amide bonds. The molecule has 0 fully saturated rings. The summed E-state index contributed by atoms with van der Waals surface area (Å²) in [5.41, 5.74) is 1.14. The zero-order valence-corrected chi connectivity index (χ0v) is 6.80. The van der Waals surface area contributed by atoms with Crippen LogP contribution in [-0.4, -0.2) is 17.2 Å². The number of aromatic nitrogens is 1. The molecular weight excluding hydrogens is 158 g/mol. The zero-order valence-electron chi connectivity index (χ0n) is 6.80. The number of aryl methyl sites for hydroxylation is 2. The topological polar surface area (TPSA) is 73.0 Å². The molecule has 0 aliphatic carbocycles. The molecule has 0 saturated heterocycles. The highest BCUT2D eigenvalue weighted by Gasteiger charge is 2.11. The maximum atomic E-state index is 10.5. The molecule has 0 unspecified atom stereocenters. The summed E-state index contributed by atoms with van der Waals surface area (Å²) in [5.74, 6) is -1.32. The molecule has 12 heavy (non-hydrogen) atoms. The first kappa shape index (κ1) is 8.52. The van der Waals surface area contributed by atoms with Crippen LogP contribution in [0.4, 0.5) is 0 Å². The fraction of sp³-hybridized carbons (Fsp3) is 0.250. The normalized spacial score (nSPS) is 9.83. The van der Waals surface area contributed by atoms with Crippen LogP contribution in [0.5, 0.6) is 0 Å². The number of hydrogen-bond acceptors (Lipinski definition) is 3. The van der Waals surface area contributed by atoms with Crippen LogP contribution in [-0.2, 0) is 0 Å². The van der Waals surface area contributed by atoms with Crippen LogP contribution in [0.1, 0.15) is 32.1 Å². The van der Waals surface area contributed by atoms with Crippen molar-refractivity contribution in [3.8, 4) is 0 Å². The summed E-state index contributed by atoms with van der Waals surface area (Å²) in [6, 6.07) is 0. The largest absolute Gasteiger partial charge is 0.545 e. The standard InChI is InChI=1S/C8H9NO3/c1-4-6(3-10)7(8(11)12)5(2)9-4/h3,9H,1-2H3,(H,11,12)/p-1. The molecule has 1 N–H and O–H groups in total. The van der Waals surface area contributed by atoms with Gasteiger partial charge in [-0.2, -0.15) is 0 Å². The Morgan fingerprint density at radius 2 is 2.00 bits per heavy atom. The summed E-state index contributed by atoms with van der Waals surface area (Å²) >= 11 is 0. The highest BCUT2D eigenvalue weighted by Crippen LogP contribution is 2.14. The Morgan fingerprint density at radius 3 is 2.33 bits per heavy atom. The van der Waals surface area contributed by atoms with E-state index in [0.717, 1.165) is 0 Å². The minimum Gasteiger partial charge on any atom is -0.545 e. The molecule has 0 saturated carbocycles. The van der Waals surface area contributed by atoms with Crippen LogP contribution < -0.4 is 5.11 Å². The molecule has 1 rings (SSSR count). The van der Waals surface area contributed by atoms with Gasteiger partial charge >= 0.3 is 0 Å². The number of carbonyl (C=O) groups excluding carboxylic acids is 2. The molecule has 0 aliphatic heterocycles. The quantitative estimate of drug-likeness (QED) is 0.619. The fourth-order valence-corrected chi connectivity index (χ4v) is 1.21. The van der Waals surface area contributed by atoms with E-state index in [1.807, 2.05) is 0 Å². The maximum absolute atomic E-state index is 10.5. The molecule has 0 radical (unpaired) electrons. The van der Waals surface area contributed by atoms with Gasteiger partial charge in [0, 0.05) is 22.5 Å². The highest BCUT2D eigenvalue weighted by atomic mass is 16.4. The number of aromatic amines is 1. The lowest BCUT2D eigenvalue weighted by molar-refractivity contribution is -0.255. The van der Waals surface area contributed by atoms with Gasteiger partial charge in [-0.1, -0.05) is 0 Å². The van der Waals surface area contributed by atoms with Crippen molar-refractivity contribution >= 4 is 12.3 Å². The summed E-state index contributed by atoms with van der Waals surface area (Å²) in [7, 11) is 0. The number of carboxylic acids is 1. The Kier molecular flexibility index (Phi) is 1.99. The van der Waals surface area contributed by atoms with E-state index < -0.39 is 5.97 Å². The number of hydrogen-bond donors (Lipinski definition) is 1. The smallest absolute Gasteiger partial charge is 0.152 e.